The van der Waals surface area contributed by atoms with Gasteiger partial charge in [0, 0.05) is 7.05 Å². The van der Waals surface area contributed by atoms with Crippen molar-refractivity contribution >= 4 is 11.5 Å². The molecule has 1 rings (SSSR count). The van der Waals surface area contributed by atoms with Crippen molar-refractivity contribution in [3.63, 3.8) is 0 Å². The molecule has 1 aromatic rings. The second kappa shape index (κ2) is 4.84. The molecule has 0 aliphatic heterocycles. The fourth-order valence-corrected chi connectivity index (χ4v) is 1.15. The molecule has 0 bridgehead atoms. The van der Waals surface area contributed by atoms with Crippen LogP contribution in [0.1, 0.15) is 6.92 Å². The van der Waals surface area contributed by atoms with Gasteiger partial charge in [-0.15, -0.1) is 0 Å². The van der Waals surface area contributed by atoms with Crippen molar-refractivity contribution in [2.45, 2.75) is 13.0 Å². The van der Waals surface area contributed by atoms with Crippen molar-refractivity contribution in [1.82, 2.24) is 4.98 Å². The van der Waals surface area contributed by atoms with E-state index in [2.05, 4.69) is 4.98 Å². The smallest absolute Gasteiger partial charge is 0.238 e. The number of aromatic nitrogens is 1. The molecule has 0 aromatic carbocycles. The Bertz CT molecular complexity index is 330. The number of pyridine rings is 1. The van der Waals surface area contributed by atoms with Crippen LogP contribution in [0.2, 0.25) is 0 Å². The summed E-state index contributed by atoms with van der Waals surface area (Å²) in [6, 6.07) is 3.54. The predicted octanol–water partition coefficient (Wildman–Crippen LogP) is 0.489. The number of ether oxygens (including phenoxy) is 1. The average molecular weight is 211 g/mol. The summed E-state index contributed by atoms with van der Waals surface area (Å²) in [5.41, 5.74) is 6.16. The number of nitrogen functional groups attached to an aromatic ring is 1. The molecular weight excluding hydrogens is 194 g/mol. The first-order chi connectivity index (χ1) is 7.10. The fraction of sp³-hybridized carbons (Fsp3) is 0.500. The topological polar surface area (TPSA) is 71.6 Å². The number of hydrogen-bond donors (Lipinski definition) is 2. The van der Waals surface area contributed by atoms with E-state index >= 15 is 0 Å². The van der Waals surface area contributed by atoms with E-state index in [4.69, 9.17) is 15.6 Å². The quantitative estimate of drug-likeness (QED) is 0.758. The van der Waals surface area contributed by atoms with Crippen LogP contribution in [0, 0.1) is 0 Å². The minimum absolute atomic E-state index is 0.00540. The number of methoxy groups -OCH3 is 1. The molecule has 1 atom stereocenters. The molecule has 5 nitrogen and oxygen atoms in total. The first kappa shape index (κ1) is 11.6. The van der Waals surface area contributed by atoms with Crippen LogP contribution in [0.3, 0.4) is 0 Å². The minimum atomic E-state index is 0.00540. The summed E-state index contributed by atoms with van der Waals surface area (Å²) in [6.45, 7) is 1.98. The number of aliphatic hydroxyl groups excluding tert-OH is 1. The summed E-state index contributed by atoms with van der Waals surface area (Å²) < 4.78 is 5.02. The van der Waals surface area contributed by atoms with Crippen LogP contribution in [-0.2, 0) is 0 Å². The van der Waals surface area contributed by atoms with Crippen molar-refractivity contribution in [1.29, 1.82) is 0 Å². The number of hydrogen-bond acceptors (Lipinski definition) is 5. The molecule has 0 saturated carbocycles. The molecule has 84 valence electrons. The molecule has 1 heterocycles. The third kappa shape index (κ3) is 2.50. The summed E-state index contributed by atoms with van der Waals surface area (Å²) in [7, 11) is 3.39. The largest absolute Gasteiger partial charge is 0.479 e. The zero-order chi connectivity index (χ0) is 11.4. The van der Waals surface area contributed by atoms with E-state index in [-0.39, 0.29) is 12.6 Å². The van der Waals surface area contributed by atoms with Gasteiger partial charge in [0.05, 0.1) is 25.4 Å². The van der Waals surface area contributed by atoms with Crippen LogP contribution in [0.15, 0.2) is 12.1 Å². The van der Waals surface area contributed by atoms with Crippen LogP contribution in [0.5, 0.6) is 5.88 Å². The Morgan fingerprint density at radius 1 is 1.60 bits per heavy atom. The summed E-state index contributed by atoms with van der Waals surface area (Å²) >= 11 is 0. The molecule has 0 amide bonds. The Morgan fingerprint density at radius 3 is 2.80 bits per heavy atom. The van der Waals surface area contributed by atoms with E-state index in [0.29, 0.717) is 11.6 Å². The molecule has 5 heteroatoms. The van der Waals surface area contributed by atoms with Gasteiger partial charge in [-0.25, -0.2) is 0 Å². The molecule has 15 heavy (non-hydrogen) atoms. The van der Waals surface area contributed by atoms with Gasteiger partial charge in [-0.2, -0.15) is 4.98 Å². The van der Waals surface area contributed by atoms with E-state index in [1.54, 1.807) is 12.1 Å². The summed E-state index contributed by atoms with van der Waals surface area (Å²) in [5.74, 6) is 1.13. The van der Waals surface area contributed by atoms with E-state index in [1.165, 1.54) is 7.11 Å². The number of rotatable bonds is 4. The Balaban J connectivity index is 2.95. The zero-order valence-corrected chi connectivity index (χ0v) is 9.27. The molecule has 0 spiro atoms. The number of anilines is 2. The maximum Gasteiger partial charge on any atom is 0.238 e. The molecule has 0 aliphatic carbocycles. The highest BCUT2D eigenvalue weighted by Gasteiger charge is 2.11. The van der Waals surface area contributed by atoms with E-state index in [0.717, 1.165) is 5.82 Å². The Kier molecular flexibility index (Phi) is 3.74. The fourth-order valence-electron chi connectivity index (χ4n) is 1.15. The van der Waals surface area contributed by atoms with Gasteiger partial charge >= 0.3 is 0 Å². The summed E-state index contributed by atoms with van der Waals surface area (Å²) in [6.07, 6.45) is 0. The van der Waals surface area contributed by atoms with Gasteiger partial charge in [-0.3, -0.25) is 0 Å². The van der Waals surface area contributed by atoms with Crippen molar-refractivity contribution in [2.24, 2.45) is 0 Å². The molecule has 0 fully saturated rings. The lowest BCUT2D eigenvalue weighted by molar-refractivity contribution is 0.269. The van der Waals surface area contributed by atoms with Gasteiger partial charge in [-0.1, -0.05) is 0 Å². The normalized spacial score (nSPS) is 12.3. The summed E-state index contributed by atoms with van der Waals surface area (Å²) in [5, 5.41) is 9.02. The second-order valence-electron chi connectivity index (χ2n) is 3.41. The molecule has 3 N–H and O–H groups in total. The maximum absolute atomic E-state index is 9.02. The molecule has 0 saturated heterocycles. The van der Waals surface area contributed by atoms with Gasteiger partial charge < -0.3 is 20.5 Å². The lowest BCUT2D eigenvalue weighted by Crippen LogP contribution is -2.32. The zero-order valence-electron chi connectivity index (χ0n) is 9.27. The van der Waals surface area contributed by atoms with Gasteiger partial charge in [0.25, 0.3) is 0 Å². The Labute approximate surface area is 89.5 Å². The molecule has 1 aromatic heterocycles. The van der Waals surface area contributed by atoms with Crippen LogP contribution in [-0.4, -0.2) is 36.9 Å². The number of nitrogens with two attached hydrogens (primary N) is 1. The lowest BCUT2D eigenvalue weighted by Gasteiger charge is -2.24. The van der Waals surface area contributed by atoms with Gasteiger partial charge in [0.1, 0.15) is 5.82 Å². The average Bonchev–Trinajstić information content (AvgIpc) is 2.27. The molecule has 0 radical (unpaired) electrons. The van der Waals surface area contributed by atoms with Crippen LogP contribution < -0.4 is 15.4 Å². The van der Waals surface area contributed by atoms with Crippen molar-refractivity contribution in [3.8, 4) is 5.88 Å². The second-order valence-corrected chi connectivity index (χ2v) is 3.41. The highest BCUT2D eigenvalue weighted by Crippen LogP contribution is 2.22. The van der Waals surface area contributed by atoms with E-state index in [9.17, 15) is 0 Å². The minimum Gasteiger partial charge on any atom is -0.479 e. The third-order valence-electron chi connectivity index (χ3n) is 2.36. The molecular formula is C10H17N3O2. The van der Waals surface area contributed by atoms with Gasteiger partial charge in [-0.05, 0) is 19.1 Å². The Morgan fingerprint density at radius 2 is 2.27 bits per heavy atom. The van der Waals surface area contributed by atoms with Crippen molar-refractivity contribution in [3.05, 3.63) is 12.1 Å². The first-order valence-corrected chi connectivity index (χ1v) is 4.74. The van der Waals surface area contributed by atoms with Crippen molar-refractivity contribution in [2.75, 3.05) is 31.4 Å². The van der Waals surface area contributed by atoms with E-state index in [1.807, 2.05) is 18.9 Å². The van der Waals surface area contributed by atoms with E-state index < -0.39 is 0 Å². The van der Waals surface area contributed by atoms with Crippen molar-refractivity contribution < 1.29 is 9.84 Å². The van der Waals surface area contributed by atoms with Crippen LogP contribution >= 0.6 is 0 Å². The maximum atomic E-state index is 9.02. The highest BCUT2D eigenvalue weighted by molar-refractivity contribution is 5.54. The van der Waals surface area contributed by atoms with Gasteiger partial charge in [0.15, 0.2) is 0 Å². The monoisotopic (exact) mass is 211 g/mol. The molecule has 1 unspecified atom stereocenters. The SMILES string of the molecule is COc1nc(N(C)C(C)CO)ccc1N. The number of likely N-dealkylation sites (N-methyl/N-ethyl adjacent to an activating group) is 1. The number of nitrogens with zero attached hydrogens (tertiary/aromatic N) is 2. The highest BCUT2D eigenvalue weighted by atomic mass is 16.5. The van der Waals surface area contributed by atoms with Crippen LogP contribution in [0.25, 0.3) is 0 Å². The van der Waals surface area contributed by atoms with Crippen LogP contribution in [0.4, 0.5) is 11.5 Å². The first-order valence-electron chi connectivity index (χ1n) is 4.74. The standard InChI is InChI=1S/C10H17N3O2/c1-7(6-14)13(2)9-5-4-8(11)10(12-9)15-3/h4-5,7,14H,6,11H2,1-3H3. The molecule has 0 aliphatic rings. The Hall–Kier alpha value is -1.49. The third-order valence-corrected chi connectivity index (χ3v) is 2.36. The summed E-state index contributed by atoms with van der Waals surface area (Å²) in [4.78, 5) is 6.09. The number of aliphatic hydroxyl groups is 1. The predicted molar refractivity (Wildman–Crippen MR) is 60.2 cm³/mol. The van der Waals surface area contributed by atoms with Gasteiger partial charge in [0.2, 0.25) is 5.88 Å². The lowest BCUT2D eigenvalue weighted by atomic mass is 10.3.